The van der Waals surface area contributed by atoms with Gasteiger partial charge in [-0.3, -0.25) is 0 Å². The Balaban J connectivity index is 1.93. The highest BCUT2D eigenvalue weighted by Crippen LogP contribution is 2.34. The molecule has 1 fully saturated rings. The normalized spacial score (nSPS) is 19.1. The first kappa shape index (κ1) is 13.2. The van der Waals surface area contributed by atoms with Crippen molar-refractivity contribution in [3.05, 3.63) is 33.8 Å². The highest BCUT2D eigenvalue weighted by Gasteiger charge is 2.24. The van der Waals surface area contributed by atoms with E-state index in [4.69, 9.17) is 23.2 Å². The molecule has 1 aliphatic rings. The van der Waals surface area contributed by atoms with Crippen molar-refractivity contribution in [3.63, 3.8) is 0 Å². The van der Waals surface area contributed by atoms with Crippen LogP contribution < -0.4 is 5.32 Å². The average Bonchev–Trinajstić information content (AvgIpc) is 3.05. The maximum absolute atomic E-state index is 6.03. The van der Waals surface area contributed by atoms with Crippen LogP contribution in [0.3, 0.4) is 0 Å². The summed E-state index contributed by atoms with van der Waals surface area (Å²) in [4.78, 5) is 0. The van der Waals surface area contributed by atoms with E-state index in [1.165, 1.54) is 24.8 Å². The summed E-state index contributed by atoms with van der Waals surface area (Å²) in [5, 5.41) is 4.86. The van der Waals surface area contributed by atoms with Crippen LogP contribution in [0.5, 0.6) is 0 Å². The van der Waals surface area contributed by atoms with Crippen LogP contribution in [-0.2, 0) is 0 Å². The lowest BCUT2D eigenvalue weighted by molar-refractivity contribution is 0.438. The molecule has 17 heavy (non-hydrogen) atoms. The minimum Gasteiger partial charge on any atom is -0.308 e. The molecule has 1 nitrogen and oxygen atoms in total. The Kier molecular flexibility index (Phi) is 4.35. The van der Waals surface area contributed by atoms with Crippen LogP contribution in [0.4, 0.5) is 0 Å². The SMILES string of the molecule is CC(CC1CC1)NC(C)c1ccc(Cl)c(Cl)c1. The first-order valence-electron chi connectivity index (χ1n) is 6.27. The monoisotopic (exact) mass is 271 g/mol. The molecular formula is C14H19Cl2N. The van der Waals surface area contributed by atoms with Gasteiger partial charge in [0.2, 0.25) is 0 Å². The van der Waals surface area contributed by atoms with Crippen molar-refractivity contribution in [1.82, 2.24) is 5.32 Å². The topological polar surface area (TPSA) is 12.0 Å². The van der Waals surface area contributed by atoms with Crippen molar-refractivity contribution >= 4 is 23.2 Å². The average molecular weight is 272 g/mol. The highest BCUT2D eigenvalue weighted by molar-refractivity contribution is 6.42. The molecule has 0 radical (unpaired) electrons. The third-order valence-electron chi connectivity index (χ3n) is 3.36. The fourth-order valence-corrected chi connectivity index (χ4v) is 2.53. The molecule has 2 unspecified atom stereocenters. The maximum Gasteiger partial charge on any atom is 0.0595 e. The fraction of sp³-hybridized carbons (Fsp3) is 0.571. The molecular weight excluding hydrogens is 253 g/mol. The summed E-state index contributed by atoms with van der Waals surface area (Å²) < 4.78 is 0. The Bertz CT molecular complexity index is 388. The molecule has 3 heteroatoms. The second-order valence-electron chi connectivity index (χ2n) is 5.14. The lowest BCUT2D eigenvalue weighted by Crippen LogP contribution is -2.29. The Morgan fingerprint density at radius 3 is 2.53 bits per heavy atom. The summed E-state index contributed by atoms with van der Waals surface area (Å²) in [7, 11) is 0. The quantitative estimate of drug-likeness (QED) is 0.809. The van der Waals surface area contributed by atoms with Gasteiger partial charge in [0, 0.05) is 12.1 Å². The van der Waals surface area contributed by atoms with E-state index in [2.05, 4.69) is 19.2 Å². The van der Waals surface area contributed by atoms with Gasteiger partial charge in [0.05, 0.1) is 10.0 Å². The highest BCUT2D eigenvalue weighted by atomic mass is 35.5. The number of halogens is 2. The molecule has 0 heterocycles. The van der Waals surface area contributed by atoms with Crippen molar-refractivity contribution < 1.29 is 0 Å². The van der Waals surface area contributed by atoms with E-state index in [0.717, 1.165) is 5.92 Å². The van der Waals surface area contributed by atoms with Crippen LogP contribution in [0, 0.1) is 5.92 Å². The van der Waals surface area contributed by atoms with Crippen molar-refractivity contribution in [2.24, 2.45) is 5.92 Å². The van der Waals surface area contributed by atoms with Gasteiger partial charge in [-0.2, -0.15) is 0 Å². The standard InChI is InChI=1S/C14H19Cl2N/c1-9(7-11-3-4-11)17-10(2)12-5-6-13(15)14(16)8-12/h5-6,8-11,17H,3-4,7H2,1-2H3. The van der Waals surface area contributed by atoms with Gasteiger partial charge in [-0.05, 0) is 43.9 Å². The molecule has 1 aliphatic carbocycles. The maximum atomic E-state index is 6.03. The minimum atomic E-state index is 0.318. The number of benzene rings is 1. The molecule has 1 N–H and O–H groups in total. The number of nitrogens with one attached hydrogen (secondary N) is 1. The van der Waals surface area contributed by atoms with Gasteiger partial charge in [-0.1, -0.05) is 42.1 Å². The van der Waals surface area contributed by atoms with Crippen molar-refractivity contribution in [1.29, 1.82) is 0 Å². The molecule has 0 aliphatic heterocycles. The number of hydrogen-bond donors (Lipinski definition) is 1. The Hall–Kier alpha value is -0.240. The van der Waals surface area contributed by atoms with Crippen molar-refractivity contribution in [2.75, 3.05) is 0 Å². The molecule has 1 aromatic carbocycles. The molecule has 0 amide bonds. The van der Waals surface area contributed by atoms with Crippen LogP contribution >= 0.6 is 23.2 Å². The number of rotatable bonds is 5. The van der Waals surface area contributed by atoms with Gasteiger partial charge in [0.15, 0.2) is 0 Å². The van der Waals surface area contributed by atoms with Gasteiger partial charge in [-0.15, -0.1) is 0 Å². The van der Waals surface area contributed by atoms with E-state index in [-0.39, 0.29) is 0 Å². The Labute approximate surface area is 114 Å². The predicted molar refractivity (Wildman–Crippen MR) is 74.8 cm³/mol. The molecule has 1 saturated carbocycles. The smallest absolute Gasteiger partial charge is 0.0595 e. The molecule has 0 spiro atoms. The summed E-state index contributed by atoms with van der Waals surface area (Å²) in [6, 6.07) is 6.73. The van der Waals surface area contributed by atoms with E-state index in [1.54, 1.807) is 0 Å². The zero-order valence-electron chi connectivity index (χ0n) is 10.3. The van der Waals surface area contributed by atoms with Crippen LogP contribution in [-0.4, -0.2) is 6.04 Å². The van der Waals surface area contributed by atoms with E-state index in [9.17, 15) is 0 Å². The fourth-order valence-electron chi connectivity index (χ4n) is 2.23. The number of hydrogen-bond acceptors (Lipinski definition) is 1. The Morgan fingerprint density at radius 1 is 1.24 bits per heavy atom. The zero-order chi connectivity index (χ0) is 12.4. The summed E-state index contributed by atoms with van der Waals surface area (Å²) in [6.07, 6.45) is 4.10. The lowest BCUT2D eigenvalue weighted by atomic mass is 10.1. The summed E-state index contributed by atoms with van der Waals surface area (Å²) >= 11 is 11.9. The molecule has 0 bridgehead atoms. The Morgan fingerprint density at radius 2 is 1.94 bits per heavy atom. The van der Waals surface area contributed by atoms with Gasteiger partial charge in [0.1, 0.15) is 0 Å². The van der Waals surface area contributed by atoms with Crippen molar-refractivity contribution in [3.8, 4) is 0 Å². The second kappa shape index (κ2) is 5.60. The minimum absolute atomic E-state index is 0.318. The van der Waals surface area contributed by atoms with E-state index in [1.807, 2.05) is 18.2 Å². The lowest BCUT2D eigenvalue weighted by Gasteiger charge is -2.20. The predicted octanol–water partition coefficient (Wildman–Crippen LogP) is 4.83. The summed E-state index contributed by atoms with van der Waals surface area (Å²) in [5.41, 5.74) is 1.20. The molecule has 0 aromatic heterocycles. The zero-order valence-corrected chi connectivity index (χ0v) is 11.9. The van der Waals surface area contributed by atoms with Crippen LogP contribution in [0.15, 0.2) is 18.2 Å². The van der Waals surface area contributed by atoms with Crippen LogP contribution in [0.2, 0.25) is 10.0 Å². The largest absolute Gasteiger partial charge is 0.308 e. The van der Waals surface area contributed by atoms with Gasteiger partial charge in [-0.25, -0.2) is 0 Å². The van der Waals surface area contributed by atoms with Crippen molar-refractivity contribution in [2.45, 2.75) is 45.2 Å². The van der Waals surface area contributed by atoms with Gasteiger partial charge in [0.25, 0.3) is 0 Å². The van der Waals surface area contributed by atoms with Gasteiger partial charge < -0.3 is 5.32 Å². The second-order valence-corrected chi connectivity index (χ2v) is 5.96. The first-order chi connectivity index (χ1) is 8.06. The molecule has 2 rings (SSSR count). The van der Waals surface area contributed by atoms with Gasteiger partial charge >= 0.3 is 0 Å². The van der Waals surface area contributed by atoms with E-state index in [0.29, 0.717) is 22.1 Å². The summed E-state index contributed by atoms with van der Waals surface area (Å²) in [5.74, 6) is 0.957. The first-order valence-corrected chi connectivity index (χ1v) is 7.03. The van der Waals surface area contributed by atoms with Crippen LogP contribution in [0.25, 0.3) is 0 Å². The molecule has 2 atom stereocenters. The third kappa shape index (κ3) is 3.87. The van der Waals surface area contributed by atoms with E-state index < -0.39 is 0 Å². The third-order valence-corrected chi connectivity index (χ3v) is 4.10. The van der Waals surface area contributed by atoms with E-state index >= 15 is 0 Å². The van der Waals surface area contributed by atoms with Crippen LogP contribution in [0.1, 0.15) is 44.7 Å². The summed E-state index contributed by atoms with van der Waals surface area (Å²) in [6.45, 7) is 4.43. The molecule has 1 aromatic rings. The molecule has 94 valence electrons. The molecule has 0 saturated heterocycles.